The number of fused-ring (bicyclic) bond motifs is 1. The second-order valence-electron chi connectivity index (χ2n) is 5.85. The number of nitrogens with one attached hydrogen (secondary N) is 1. The number of halogens is 1. The molecule has 1 aliphatic rings. The summed E-state index contributed by atoms with van der Waals surface area (Å²) in [5.41, 5.74) is 0.941. The molecule has 0 spiro atoms. The first kappa shape index (κ1) is 17.4. The van der Waals surface area contributed by atoms with E-state index in [2.05, 4.69) is 5.32 Å². The smallest absolute Gasteiger partial charge is 0.261 e. The van der Waals surface area contributed by atoms with Crippen molar-refractivity contribution in [1.82, 2.24) is 5.32 Å². The molecular formula is C19H20ClNO4. The monoisotopic (exact) mass is 361 g/mol. The number of carbonyl (C=O) groups excluding carboxylic acids is 1. The summed E-state index contributed by atoms with van der Waals surface area (Å²) in [6.07, 6.45) is -0.624. The van der Waals surface area contributed by atoms with E-state index in [-0.39, 0.29) is 11.9 Å². The predicted octanol–water partition coefficient (Wildman–Crippen LogP) is 3.76. The summed E-state index contributed by atoms with van der Waals surface area (Å²) in [6.45, 7) is 4.71. The van der Waals surface area contributed by atoms with Crippen molar-refractivity contribution in [1.29, 1.82) is 0 Å². The van der Waals surface area contributed by atoms with E-state index in [1.54, 1.807) is 31.2 Å². The standard InChI is InChI=1S/C19H20ClNO4/c1-12(14-3-8-17-18(11-14)24-10-9-23-17)21-19(22)13(2)25-16-6-4-15(20)5-7-16/h3-8,11-13H,9-10H2,1-2H3,(H,21,22)/t12-,13-/m0/s1. The van der Waals surface area contributed by atoms with E-state index in [1.807, 2.05) is 25.1 Å². The number of hydrogen-bond donors (Lipinski definition) is 1. The maximum atomic E-state index is 12.4. The molecule has 0 aliphatic carbocycles. The van der Waals surface area contributed by atoms with Crippen LogP contribution >= 0.6 is 11.6 Å². The van der Waals surface area contributed by atoms with Gasteiger partial charge >= 0.3 is 0 Å². The van der Waals surface area contributed by atoms with Gasteiger partial charge in [-0.3, -0.25) is 4.79 Å². The lowest BCUT2D eigenvalue weighted by atomic mass is 10.1. The molecule has 0 aromatic heterocycles. The second kappa shape index (κ2) is 7.66. The van der Waals surface area contributed by atoms with Crippen LogP contribution in [0.2, 0.25) is 5.02 Å². The molecule has 1 N–H and O–H groups in total. The van der Waals surface area contributed by atoms with Crippen LogP contribution in [0.5, 0.6) is 17.2 Å². The zero-order valence-corrected chi connectivity index (χ0v) is 14.9. The normalized spacial score (nSPS) is 15.2. The summed E-state index contributed by atoms with van der Waals surface area (Å²) in [4.78, 5) is 12.4. The quantitative estimate of drug-likeness (QED) is 0.881. The van der Waals surface area contributed by atoms with Gasteiger partial charge in [-0.1, -0.05) is 17.7 Å². The molecule has 1 aliphatic heterocycles. The van der Waals surface area contributed by atoms with Crippen LogP contribution in [-0.2, 0) is 4.79 Å². The van der Waals surface area contributed by atoms with Gasteiger partial charge in [-0.2, -0.15) is 0 Å². The predicted molar refractivity (Wildman–Crippen MR) is 95.5 cm³/mol. The highest BCUT2D eigenvalue weighted by Crippen LogP contribution is 2.32. The molecule has 0 fully saturated rings. The highest BCUT2D eigenvalue weighted by molar-refractivity contribution is 6.30. The number of carbonyl (C=O) groups is 1. The third-order valence-electron chi connectivity index (χ3n) is 3.92. The van der Waals surface area contributed by atoms with E-state index >= 15 is 0 Å². The average Bonchev–Trinajstić information content (AvgIpc) is 2.63. The largest absolute Gasteiger partial charge is 0.486 e. The Balaban J connectivity index is 1.60. The van der Waals surface area contributed by atoms with Crippen molar-refractivity contribution < 1.29 is 19.0 Å². The summed E-state index contributed by atoms with van der Waals surface area (Å²) in [6, 6.07) is 12.4. The minimum atomic E-state index is -0.624. The molecule has 3 rings (SSSR count). The van der Waals surface area contributed by atoms with Gasteiger partial charge in [-0.15, -0.1) is 0 Å². The molecule has 6 heteroatoms. The first-order chi connectivity index (χ1) is 12.0. The fourth-order valence-corrected chi connectivity index (χ4v) is 2.64. The molecule has 25 heavy (non-hydrogen) atoms. The van der Waals surface area contributed by atoms with Crippen LogP contribution in [0.4, 0.5) is 0 Å². The van der Waals surface area contributed by atoms with Crippen LogP contribution in [0.25, 0.3) is 0 Å². The van der Waals surface area contributed by atoms with Crippen molar-refractivity contribution in [2.75, 3.05) is 13.2 Å². The molecule has 2 aromatic carbocycles. The summed E-state index contributed by atoms with van der Waals surface area (Å²) >= 11 is 5.84. The molecule has 132 valence electrons. The Labute approximate surface area is 151 Å². The number of ether oxygens (including phenoxy) is 3. The maximum Gasteiger partial charge on any atom is 0.261 e. The van der Waals surface area contributed by atoms with E-state index < -0.39 is 6.10 Å². The third kappa shape index (κ3) is 4.37. The van der Waals surface area contributed by atoms with Crippen molar-refractivity contribution in [2.45, 2.75) is 26.0 Å². The Bertz CT molecular complexity index is 748. The highest BCUT2D eigenvalue weighted by atomic mass is 35.5. The van der Waals surface area contributed by atoms with Crippen LogP contribution < -0.4 is 19.5 Å². The van der Waals surface area contributed by atoms with Gasteiger partial charge in [0.1, 0.15) is 19.0 Å². The molecule has 2 aromatic rings. The van der Waals surface area contributed by atoms with E-state index in [1.165, 1.54) is 0 Å². The van der Waals surface area contributed by atoms with Crippen LogP contribution in [0, 0.1) is 0 Å². The number of amides is 1. The Morgan fingerprint density at radius 1 is 1.08 bits per heavy atom. The van der Waals surface area contributed by atoms with E-state index in [0.29, 0.717) is 29.7 Å². The van der Waals surface area contributed by atoms with Crippen molar-refractivity contribution >= 4 is 17.5 Å². The second-order valence-corrected chi connectivity index (χ2v) is 6.28. The van der Waals surface area contributed by atoms with Crippen molar-refractivity contribution in [3.63, 3.8) is 0 Å². The Morgan fingerprint density at radius 3 is 2.48 bits per heavy atom. The first-order valence-electron chi connectivity index (χ1n) is 8.15. The topological polar surface area (TPSA) is 56.8 Å². The lowest BCUT2D eigenvalue weighted by molar-refractivity contribution is -0.127. The van der Waals surface area contributed by atoms with Crippen LogP contribution in [0.15, 0.2) is 42.5 Å². The fraction of sp³-hybridized carbons (Fsp3) is 0.316. The van der Waals surface area contributed by atoms with E-state index in [0.717, 1.165) is 11.3 Å². The number of rotatable bonds is 5. The van der Waals surface area contributed by atoms with Crippen LogP contribution in [-0.4, -0.2) is 25.2 Å². The van der Waals surface area contributed by atoms with Gasteiger partial charge in [0, 0.05) is 5.02 Å². The highest BCUT2D eigenvalue weighted by Gasteiger charge is 2.19. The SMILES string of the molecule is C[C@H](Oc1ccc(Cl)cc1)C(=O)N[C@@H](C)c1ccc2c(c1)OCCO2. The molecular weight excluding hydrogens is 342 g/mol. The summed E-state index contributed by atoms with van der Waals surface area (Å²) in [5.74, 6) is 1.83. The van der Waals surface area contributed by atoms with Crippen LogP contribution in [0.3, 0.4) is 0 Å². The van der Waals surface area contributed by atoms with Gasteiger partial charge < -0.3 is 19.5 Å². The molecule has 1 heterocycles. The molecule has 0 saturated heterocycles. The minimum Gasteiger partial charge on any atom is -0.486 e. The minimum absolute atomic E-state index is 0.181. The summed E-state index contributed by atoms with van der Waals surface area (Å²) < 4.78 is 16.7. The molecule has 2 atom stereocenters. The zero-order valence-electron chi connectivity index (χ0n) is 14.1. The van der Waals surface area contributed by atoms with Gasteiger partial charge in [0.2, 0.25) is 0 Å². The molecule has 5 nitrogen and oxygen atoms in total. The summed E-state index contributed by atoms with van der Waals surface area (Å²) in [7, 11) is 0. The van der Waals surface area contributed by atoms with Gasteiger partial charge in [0.15, 0.2) is 17.6 Å². The Morgan fingerprint density at radius 2 is 1.76 bits per heavy atom. The zero-order chi connectivity index (χ0) is 17.8. The van der Waals surface area contributed by atoms with Gasteiger partial charge in [-0.05, 0) is 55.8 Å². The Hall–Kier alpha value is -2.40. The molecule has 1 amide bonds. The van der Waals surface area contributed by atoms with Crippen molar-refractivity contribution in [3.05, 3.63) is 53.1 Å². The molecule has 0 bridgehead atoms. The molecule has 0 radical (unpaired) electrons. The number of benzene rings is 2. The molecule has 0 unspecified atom stereocenters. The van der Waals surface area contributed by atoms with Gasteiger partial charge in [-0.25, -0.2) is 0 Å². The van der Waals surface area contributed by atoms with E-state index in [4.69, 9.17) is 25.8 Å². The van der Waals surface area contributed by atoms with Gasteiger partial charge in [0.05, 0.1) is 6.04 Å². The lowest BCUT2D eigenvalue weighted by Crippen LogP contribution is -2.37. The lowest BCUT2D eigenvalue weighted by Gasteiger charge is -2.22. The average molecular weight is 362 g/mol. The fourth-order valence-electron chi connectivity index (χ4n) is 2.51. The van der Waals surface area contributed by atoms with Crippen molar-refractivity contribution in [2.24, 2.45) is 0 Å². The van der Waals surface area contributed by atoms with E-state index in [9.17, 15) is 4.79 Å². The first-order valence-corrected chi connectivity index (χ1v) is 8.53. The number of hydrogen-bond acceptors (Lipinski definition) is 4. The maximum absolute atomic E-state index is 12.4. The van der Waals surface area contributed by atoms with Crippen LogP contribution in [0.1, 0.15) is 25.5 Å². The van der Waals surface area contributed by atoms with Crippen molar-refractivity contribution in [3.8, 4) is 17.2 Å². The summed E-state index contributed by atoms with van der Waals surface area (Å²) in [5, 5.41) is 3.57. The van der Waals surface area contributed by atoms with Gasteiger partial charge in [0.25, 0.3) is 5.91 Å². The third-order valence-corrected chi connectivity index (χ3v) is 4.17. The Kier molecular flexibility index (Phi) is 5.34. The molecule has 0 saturated carbocycles.